The Morgan fingerprint density at radius 1 is 1.14 bits per heavy atom. The number of benzene rings is 1. The predicted molar refractivity (Wildman–Crippen MR) is 93.8 cm³/mol. The fourth-order valence-electron chi connectivity index (χ4n) is 2.42. The van der Waals surface area contributed by atoms with Gasteiger partial charge in [0.05, 0.1) is 5.56 Å². The highest BCUT2D eigenvalue weighted by molar-refractivity contribution is 5.89. The van der Waals surface area contributed by atoms with E-state index in [1.807, 2.05) is 0 Å². The van der Waals surface area contributed by atoms with Gasteiger partial charge in [0, 0.05) is 25.7 Å². The maximum absolute atomic E-state index is 12.8. The summed E-state index contributed by atoms with van der Waals surface area (Å²) in [6.07, 6.45) is -4.52. The molecule has 1 aromatic carbocycles. The van der Waals surface area contributed by atoms with Crippen LogP contribution in [0.2, 0.25) is 0 Å². The molecule has 0 radical (unpaired) electrons. The molecule has 152 valence electrons. The van der Waals surface area contributed by atoms with E-state index < -0.39 is 35.4 Å². The van der Waals surface area contributed by atoms with Gasteiger partial charge >= 0.3 is 11.9 Å². The number of carbonyl (C=O) groups is 1. The number of nitrogens with one attached hydrogen (secondary N) is 1. The summed E-state index contributed by atoms with van der Waals surface area (Å²) in [5.74, 6) is -0.785. The minimum Gasteiger partial charge on any atom is -0.310 e. The second-order valence-corrected chi connectivity index (χ2v) is 6.04. The average molecular weight is 409 g/mol. The first-order valence-electron chi connectivity index (χ1n) is 8.08. The monoisotopic (exact) mass is 409 g/mol. The number of nitrogens with zero attached hydrogens (tertiary/aromatic N) is 6. The Labute approximate surface area is 160 Å². The zero-order valence-electron chi connectivity index (χ0n) is 15.1. The molecule has 0 aliphatic carbocycles. The van der Waals surface area contributed by atoms with E-state index in [0.717, 1.165) is 32.1 Å². The number of amides is 1. The number of hydrogen-bond acceptors (Lipinski definition) is 6. The summed E-state index contributed by atoms with van der Waals surface area (Å²) in [5, 5.41) is 13.6. The smallest absolute Gasteiger partial charge is 0.310 e. The molecule has 0 fully saturated rings. The number of rotatable bonds is 4. The van der Waals surface area contributed by atoms with Gasteiger partial charge in [-0.15, -0.1) is 10.2 Å². The van der Waals surface area contributed by atoms with Crippen LogP contribution in [0.1, 0.15) is 5.56 Å². The Kier molecular flexibility index (Phi) is 5.05. The van der Waals surface area contributed by atoms with E-state index in [-0.39, 0.29) is 17.2 Å². The van der Waals surface area contributed by atoms with Gasteiger partial charge in [0.2, 0.25) is 11.7 Å². The fraction of sp³-hybridized carbons (Fsp3) is 0.250. The molecule has 0 atom stereocenters. The Morgan fingerprint density at radius 2 is 1.86 bits per heavy atom. The third kappa shape index (κ3) is 4.23. The van der Waals surface area contributed by atoms with Crippen LogP contribution in [0.25, 0.3) is 11.4 Å². The number of alkyl halides is 3. The van der Waals surface area contributed by atoms with Crippen molar-refractivity contribution in [2.24, 2.45) is 14.1 Å². The van der Waals surface area contributed by atoms with E-state index in [1.54, 1.807) is 0 Å². The SMILES string of the molecule is Cn1c(NC(=O)Cn2nnc(-c3cccc(C(F)(F)F)c3)n2)cc(=O)n(C)c1=O. The second kappa shape index (κ2) is 7.33. The van der Waals surface area contributed by atoms with Crippen molar-refractivity contribution in [3.63, 3.8) is 0 Å². The number of aromatic nitrogens is 6. The number of carbonyl (C=O) groups excluding carboxylic acids is 1. The minimum atomic E-state index is -4.52. The lowest BCUT2D eigenvalue weighted by molar-refractivity contribution is -0.137. The highest BCUT2D eigenvalue weighted by atomic mass is 19.4. The van der Waals surface area contributed by atoms with Gasteiger partial charge in [0.15, 0.2) is 0 Å². The lowest BCUT2D eigenvalue weighted by atomic mass is 10.1. The van der Waals surface area contributed by atoms with Gasteiger partial charge in [-0.05, 0) is 17.3 Å². The first kappa shape index (κ1) is 20.0. The van der Waals surface area contributed by atoms with Crippen LogP contribution >= 0.6 is 0 Å². The molecule has 0 aliphatic rings. The van der Waals surface area contributed by atoms with E-state index in [2.05, 4.69) is 20.7 Å². The van der Waals surface area contributed by atoms with Crippen LogP contribution in [0.15, 0.2) is 39.9 Å². The third-order valence-corrected chi connectivity index (χ3v) is 3.98. The standard InChI is InChI=1S/C16H14F3N7O3/c1-24-11(7-13(28)25(2)15(24)29)20-12(27)8-26-22-14(21-23-26)9-4-3-5-10(6-9)16(17,18)19/h3-7H,8H2,1-2H3,(H,20,27). The molecule has 29 heavy (non-hydrogen) atoms. The van der Waals surface area contributed by atoms with Crippen molar-refractivity contribution >= 4 is 11.7 Å². The van der Waals surface area contributed by atoms with Crippen molar-refractivity contribution in [1.29, 1.82) is 0 Å². The number of anilines is 1. The molecule has 0 aliphatic heterocycles. The van der Waals surface area contributed by atoms with Crippen LogP contribution in [0.4, 0.5) is 19.0 Å². The maximum Gasteiger partial charge on any atom is 0.416 e. The summed E-state index contributed by atoms with van der Waals surface area (Å²) in [5.41, 5.74) is -2.01. The van der Waals surface area contributed by atoms with Gasteiger partial charge < -0.3 is 5.32 Å². The van der Waals surface area contributed by atoms with Crippen LogP contribution < -0.4 is 16.6 Å². The molecular formula is C16H14F3N7O3. The maximum atomic E-state index is 12.8. The summed E-state index contributed by atoms with van der Waals surface area (Å²) in [6.45, 7) is -0.435. The molecule has 0 spiro atoms. The van der Waals surface area contributed by atoms with Gasteiger partial charge in [-0.3, -0.25) is 18.7 Å². The van der Waals surface area contributed by atoms with Gasteiger partial charge in [0.25, 0.3) is 5.56 Å². The van der Waals surface area contributed by atoms with Crippen LogP contribution in [0.5, 0.6) is 0 Å². The first-order chi connectivity index (χ1) is 13.6. The van der Waals surface area contributed by atoms with E-state index >= 15 is 0 Å². The third-order valence-electron chi connectivity index (χ3n) is 3.98. The van der Waals surface area contributed by atoms with Crippen molar-refractivity contribution in [2.75, 3.05) is 5.32 Å². The molecule has 10 nitrogen and oxygen atoms in total. The predicted octanol–water partition coefficient (Wildman–Crippen LogP) is 0.395. The Morgan fingerprint density at radius 3 is 2.55 bits per heavy atom. The molecule has 3 rings (SSSR count). The number of hydrogen-bond donors (Lipinski definition) is 1. The van der Waals surface area contributed by atoms with Crippen molar-refractivity contribution in [1.82, 2.24) is 29.3 Å². The average Bonchev–Trinajstić information content (AvgIpc) is 3.12. The van der Waals surface area contributed by atoms with E-state index in [1.165, 1.54) is 26.2 Å². The Hall–Kier alpha value is -3.77. The van der Waals surface area contributed by atoms with Crippen molar-refractivity contribution < 1.29 is 18.0 Å². The molecule has 2 aromatic heterocycles. The summed E-state index contributed by atoms with van der Waals surface area (Å²) < 4.78 is 40.4. The van der Waals surface area contributed by atoms with E-state index in [4.69, 9.17) is 0 Å². The highest BCUT2D eigenvalue weighted by Gasteiger charge is 2.30. The van der Waals surface area contributed by atoms with Gasteiger partial charge in [0.1, 0.15) is 12.4 Å². The lowest BCUT2D eigenvalue weighted by Crippen LogP contribution is -2.38. The van der Waals surface area contributed by atoms with Gasteiger partial charge in [-0.1, -0.05) is 12.1 Å². The molecule has 0 bridgehead atoms. The van der Waals surface area contributed by atoms with Crippen LogP contribution in [0.3, 0.4) is 0 Å². The minimum absolute atomic E-state index is 0.0266. The molecule has 13 heteroatoms. The molecular weight excluding hydrogens is 395 g/mol. The summed E-state index contributed by atoms with van der Waals surface area (Å²) in [4.78, 5) is 36.6. The number of tetrazole rings is 1. The fourth-order valence-corrected chi connectivity index (χ4v) is 2.42. The Bertz CT molecular complexity index is 1190. The van der Waals surface area contributed by atoms with Crippen molar-refractivity contribution in [3.05, 3.63) is 56.7 Å². The quantitative estimate of drug-likeness (QED) is 0.667. The molecule has 2 heterocycles. The van der Waals surface area contributed by atoms with E-state index in [0.29, 0.717) is 0 Å². The largest absolute Gasteiger partial charge is 0.416 e. The normalized spacial score (nSPS) is 11.5. The second-order valence-electron chi connectivity index (χ2n) is 6.04. The summed E-state index contributed by atoms with van der Waals surface area (Å²) in [7, 11) is 2.67. The molecule has 1 amide bonds. The number of halogens is 3. The molecule has 0 unspecified atom stereocenters. The summed E-state index contributed by atoms with van der Waals surface area (Å²) in [6, 6.07) is 5.45. The zero-order valence-corrected chi connectivity index (χ0v) is 15.1. The van der Waals surface area contributed by atoms with Gasteiger partial charge in [-0.2, -0.15) is 18.0 Å². The van der Waals surface area contributed by atoms with Crippen LogP contribution in [-0.2, 0) is 31.6 Å². The van der Waals surface area contributed by atoms with Crippen molar-refractivity contribution in [3.8, 4) is 11.4 Å². The molecule has 0 saturated carbocycles. The van der Waals surface area contributed by atoms with Gasteiger partial charge in [-0.25, -0.2) is 4.79 Å². The molecule has 3 aromatic rings. The van der Waals surface area contributed by atoms with Crippen LogP contribution in [-0.4, -0.2) is 35.2 Å². The zero-order chi connectivity index (χ0) is 21.3. The Balaban J connectivity index is 1.77. The van der Waals surface area contributed by atoms with E-state index in [9.17, 15) is 27.6 Å². The lowest BCUT2D eigenvalue weighted by Gasteiger charge is -2.10. The highest BCUT2D eigenvalue weighted by Crippen LogP contribution is 2.31. The molecule has 0 saturated heterocycles. The topological polar surface area (TPSA) is 117 Å². The summed E-state index contributed by atoms with van der Waals surface area (Å²) >= 11 is 0. The van der Waals surface area contributed by atoms with Crippen LogP contribution in [0, 0.1) is 0 Å². The molecule has 1 N–H and O–H groups in total. The van der Waals surface area contributed by atoms with Crippen molar-refractivity contribution in [2.45, 2.75) is 12.7 Å². The first-order valence-corrected chi connectivity index (χ1v) is 8.08.